The molecule has 1 aliphatic heterocycles. The molecule has 0 aromatic heterocycles. The third kappa shape index (κ3) is 3.31. The second-order valence-corrected chi connectivity index (χ2v) is 9.66. The second-order valence-electron chi connectivity index (χ2n) is 5.71. The van der Waals surface area contributed by atoms with Gasteiger partial charge < -0.3 is 0 Å². The highest BCUT2D eigenvalue weighted by atomic mass is 127. The van der Waals surface area contributed by atoms with Gasteiger partial charge in [-0.15, -0.1) is 0 Å². The summed E-state index contributed by atoms with van der Waals surface area (Å²) in [5.74, 6) is -0.0306. The van der Waals surface area contributed by atoms with Crippen LogP contribution in [0.25, 0.3) is 0 Å². The Morgan fingerprint density at radius 1 is 1.12 bits per heavy atom. The lowest BCUT2D eigenvalue weighted by atomic mass is 10.0. The van der Waals surface area contributed by atoms with Crippen LogP contribution in [0.5, 0.6) is 0 Å². The van der Waals surface area contributed by atoms with Gasteiger partial charge in [0, 0.05) is 33.1 Å². The van der Waals surface area contributed by atoms with Crippen LogP contribution >= 0.6 is 38.5 Å². The summed E-state index contributed by atoms with van der Waals surface area (Å²) in [6.07, 6.45) is 0.177. The molecule has 0 spiro atoms. The molecular formula is C17H15BrINO3S. The molecule has 2 aromatic rings. The van der Waals surface area contributed by atoms with Crippen LogP contribution in [0.15, 0.2) is 45.8 Å². The number of hydrogen-bond donors (Lipinski definition) is 0. The lowest BCUT2D eigenvalue weighted by Crippen LogP contribution is -2.31. The molecule has 0 unspecified atom stereocenters. The van der Waals surface area contributed by atoms with Crippen LogP contribution in [0.3, 0.4) is 0 Å². The Kier molecular flexibility index (Phi) is 5.15. The highest BCUT2D eigenvalue weighted by Crippen LogP contribution is 2.32. The van der Waals surface area contributed by atoms with E-state index < -0.39 is 10.0 Å². The van der Waals surface area contributed by atoms with Crippen molar-refractivity contribution in [2.24, 2.45) is 0 Å². The van der Waals surface area contributed by atoms with Gasteiger partial charge in [-0.3, -0.25) is 4.79 Å². The van der Waals surface area contributed by atoms with Crippen LogP contribution in [-0.4, -0.2) is 25.1 Å². The number of carbonyl (C=O) groups is 1. The maximum atomic E-state index is 13.0. The second kappa shape index (κ2) is 6.86. The van der Waals surface area contributed by atoms with E-state index in [9.17, 15) is 13.2 Å². The molecule has 126 valence electrons. The molecule has 3 rings (SSSR count). The Balaban J connectivity index is 2.06. The van der Waals surface area contributed by atoms with E-state index in [1.54, 1.807) is 24.3 Å². The number of benzene rings is 2. The molecule has 0 fully saturated rings. The molecule has 0 saturated heterocycles. The Morgan fingerprint density at radius 3 is 2.46 bits per heavy atom. The van der Waals surface area contributed by atoms with E-state index in [1.807, 2.05) is 19.1 Å². The van der Waals surface area contributed by atoms with Crippen LogP contribution in [0.4, 0.5) is 0 Å². The molecule has 4 nitrogen and oxygen atoms in total. The van der Waals surface area contributed by atoms with Gasteiger partial charge in [-0.1, -0.05) is 33.6 Å². The third-order valence-electron chi connectivity index (χ3n) is 4.07. The number of halogens is 2. The highest BCUT2D eigenvalue weighted by molar-refractivity contribution is 14.1. The predicted octanol–water partition coefficient (Wildman–Crippen LogP) is 4.14. The van der Waals surface area contributed by atoms with Crippen molar-refractivity contribution in [1.82, 2.24) is 4.31 Å². The van der Waals surface area contributed by atoms with Gasteiger partial charge in [0.25, 0.3) is 0 Å². The monoisotopic (exact) mass is 519 g/mol. The summed E-state index contributed by atoms with van der Waals surface area (Å²) in [6.45, 7) is 2.30. The lowest BCUT2D eigenvalue weighted by molar-refractivity contribution is 0.0980. The van der Waals surface area contributed by atoms with Crippen LogP contribution in [0.2, 0.25) is 0 Å². The Bertz CT molecular complexity index is 910. The normalized spacial score (nSPS) is 15.9. The SMILES string of the molecule is Cc1ccc(S(=O)(=O)N2CCC(=O)c3c(Br)ccc(I)c3C2)cc1. The average Bonchev–Trinajstić information content (AvgIpc) is 2.72. The Hall–Kier alpha value is -0.770. The minimum absolute atomic E-state index is 0.0306. The summed E-state index contributed by atoms with van der Waals surface area (Å²) in [4.78, 5) is 12.7. The van der Waals surface area contributed by atoms with Gasteiger partial charge >= 0.3 is 0 Å². The molecule has 0 bridgehead atoms. The zero-order valence-electron chi connectivity index (χ0n) is 12.9. The van der Waals surface area contributed by atoms with E-state index in [2.05, 4.69) is 38.5 Å². The number of rotatable bonds is 2. The van der Waals surface area contributed by atoms with Gasteiger partial charge in [0.05, 0.1) is 4.90 Å². The van der Waals surface area contributed by atoms with Crippen molar-refractivity contribution in [3.05, 3.63) is 61.1 Å². The number of carbonyl (C=O) groups excluding carboxylic acids is 1. The van der Waals surface area contributed by atoms with E-state index in [0.29, 0.717) is 5.56 Å². The molecule has 7 heteroatoms. The molecule has 0 aliphatic carbocycles. The summed E-state index contributed by atoms with van der Waals surface area (Å²) in [5, 5.41) is 0. The van der Waals surface area contributed by atoms with Gasteiger partial charge in [0.1, 0.15) is 0 Å². The molecular weight excluding hydrogens is 505 g/mol. The fourth-order valence-corrected chi connectivity index (χ4v) is 5.34. The zero-order chi connectivity index (χ0) is 17.5. The fraction of sp³-hybridized carbons (Fsp3) is 0.235. The van der Waals surface area contributed by atoms with Gasteiger partial charge in [-0.25, -0.2) is 8.42 Å². The zero-order valence-corrected chi connectivity index (χ0v) is 17.5. The lowest BCUT2D eigenvalue weighted by Gasteiger charge is -2.21. The Morgan fingerprint density at radius 2 is 1.79 bits per heavy atom. The van der Waals surface area contributed by atoms with Crippen molar-refractivity contribution in [2.75, 3.05) is 6.54 Å². The first-order chi connectivity index (χ1) is 11.3. The molecule has 0 saturated carbocycles. The molecule has 0 atom stereocenters. The Labute approximate surface area is 163 Å². The number of aryl methyl sites for hydroxylation is 1. The molecule has 24 heavy (non-hydrogen) atoms. The number of Topliss-reactive ketones (excluding diaryl/α,β-unsaturated/α-hetero) is 1. The van der Waals surface area contributed by atoms with Crippen molar-refractivity contribution in [3.63, 3.8) is 0 Å². The van der Waals surface area contributed by atoms with Crippen molar-refractivity contribution in [3.8, 4) is 0 Å². The quantitative estimate of drug-likeness (QED) is 0.560. The van der Waals surface area contributed by atoms with E-state index in [0.717, 1.165) is 19.2 Å². The molecule has 2 aromatic carbocycles. The first-order valence-electron chi connectivity index (χ1n) is 7.37. The minimum Gasteiger partial charge on any atom is -0.294 e. The first-order valence-corrected chi connectivity index (χ1v) is 10.7. The predicted molar refractivity (Wildman–Crippen MR) is 105 cm³/mol. The molecule has 1 heterocycles. The van der Waals surface area contributed by atoms with Crippen molar-refractivity contribution >= 4 is 54.3 Å². The van der Waals surface area contributed by atoms with Gasteiger partial charge in [-0.2, -0.15) is 4.31 Å². The van der Waals surface area contributed by atoms with Gasteiger partial charge in [-0.05, 0) is 59.3 Å². The van der Waals surface area contributed by atoms with E-state index >= 15 is 0 Å². The summed E-state index contributed by atoms with van der Waals surface area (Å²) >= 11 is 5.57. The fourth-order valence-electron chi connectivity index (χ4n) is 2.72. The van der Waals surface area contributed by atoms with E-state index in [4.69, 9.17) is 0 Å². The largest absolute Gasteiger partial charge is 0.294 e. The smallest absolute Gasteiger partial charge is 0.243 e. The van der Waals surface area contributed by atoms with Crippen molar-refractivity contribution < 1.29 is 13.2 Å². The van der Waals surface area contributed by atoms with Crippen LogP contribution < -0.4 is 0 Å². The summed E-state index contributed by atoms with van der Waals surface area (Å²) in [6, 6.07) is 10.5. The molecule has 0 radical (unpaired) electrons. The standard InChI is InChI=1S/C17H15BrINO3S/c1-11-2-4-12(5-3-11)24(22,23)20-9-8-16(21)17-13(10-20)15(19)7-6-14(17)18/h2-7H,8-10H2,1H3. The van der Waals surface area contributed by atoms with Gasteiger partial charge in [0.15, 0.2) is 5.78 Å². The minimum atomic E-state index is -3.64. The summed E-state index contributed by atoms with van der Waals surface area (Å²) in [7, 11) is -3.64. The van der Waals surface area contributed by atoms with E-state index in [1.165, 1.54) is 4.31 Å². The third-order valence-corrected chi connectivity index (χ3v) is 7.60. The highest BCUT2D eigenvalue weighted by Gasteiger charge is 2.31. The first kappa shape index (κ1) is 18.0. The van der Waals surface area contributed by atoms with Crippen LogP contribution in [-0.2, 0) is 16.6 Å². The summed E-state index contributed by atoms with van der Waals surface area (Å²) < 4.78 is 28.9. The number of sulfonamides is 1. The number of fused-ring (bicyclic) bond motifs is 1. The number of ketones is 1. The van der Waals surface area contributed by atoms with Crippen LogP contribution in [0, 0.1) is 10.5 Å². The molecule has 1 aliphatic rings. The van der Waals surface area contributed by atoms with Crippen LogP contribution in [0.1, 0.15) is 27.9 Å². The number of nitrogens with zero attached hydrogens (tertiary/aromatic N) is 1. The average molecular weight is 520 g/mol. The van der Waals surface area contributed by atoms with Gasteiger partial charge in [0.2, 0.25) is 10.0 Å². The summed E-state index contributed by atoms with van der Waals surface area (Å²) in [5.41, 5.74) is 2.37. The maximum absolute atomic E-state index is 13.0. The van der Waals surface area contributed by atoms with Crippen molar-refractivity contribution in [2.45, 2.75) is 24.8 Å². The molecule has 0 N–H and O–H groups in total. The molecule has 0 amide bonds. The van der Waals surface area contributed by atoms with E-state index in [-0.39, 0.29) is 30.2 Å². The number of hydrogen-bond acceptors (Lipinski definition) is 3. The van der Waals surface area contributed by atoms with Crippen molar-refractivity contribution in [1.29, 1.82) is 0 Å². The topological polar surface area (TPSA) is 54.5 Å². The maximum Gasteiger partial charge on any atom is 0.243 e.